The Labute approximate surface area is 149 Å². The van der Waals surface area contributed by atoms with Crippen LogP contribution in [-0.4, -0.2) is 32.8 Å². The minimum Gasteiger partial charge on any atom is -0.388 e. The molecule has 25 heavy (non-hydrogen) atoms. The van der Waals surface area contributed by atoms with E-state index in [-0.39, 0.29) is 18.5 Å². The number of aryl methyl sites for hydroxylation is 1. The van der Waals surface area contributed by atoms with Gasteiger partial charge in [-0.05, 0) is 30.9 Å². The van der Waals surface area contributed by atoms with Gasteiger partial charge in [0.05, 0.1) is 5.60 Å². The number of aliphatic hydroxyl groups is 1. The molecule has 1 heterocycles. The summed E-state index contributed by atoms with van der Waals surface area (Å²) in [6.45, 7) is 8.95. The smallest absolute Gasteiger partial charge is 0.315 e. The first-order valence-corrected chi connectivity index (χ1v) is 8.57. The Kier molecular flexibility index (Phi) is 6.20. The summed E-state index contributed by atoms with van der Waals surface area (Å²) in [7, 11) is 0. The Hall–Kier alpha value is -2.34. The Bertz CT molecular complexity index is 707. The zero-order valence-corrected chi connectivity index (χ0v) is 15.4. The van der Waals surface area contributed by atoms with E-state index in [0.717, 1.165) is 23.5 Å². The number of nitrogens with zero attached hydrogens (tertiary/aromatic N) is 2. The summed E-state index contributed by atoms with van der Waals surface area (Å²) in [5.41, 5.74) is 1.27. The first kappa shape index (κ1) is 19.0. The molecule has 0 saturated heterocycles. The highest BCUT2D eigenvalue weighted by molar-refractivity contribution is 5.73. The van der Waals surface area contributed by atoms with Crippen molar-refractivity contribution in [3.05, 3.63) is 53.6 Å². The number of aromatic nitrogens is 2. The van der Waals surface area contributed by atoms with Gasteiger partial charge in [-0.1, -0.05) is 38.1 Å². The molecule has 0 aliphatic carbocycles. The molecular weight excluding hydrogens is 316 g/mol. The van der Waals surface area contributed by atoms with Crippen molar-refractivity contribution in [2.75, 3.05) is 6.54 Å². The molecule has 0 spiro atoms. The predicted octanol–water partition coefficient (Wildman–Crippen LogP) is 2.45. The SMILES string of the molecule is Cc1nccn1Cc1cccc(CNC(=O)NCC(C)(O)C(C)C)c1. The van der Waals surface area contributed by atoms with Gasteiger partial charge in [-0.25, -0.2) is 9.78 Å². The third-order valence-corrected chi connectivity index (χ3v) is 4.57. The minimum absolute atomic E-state index is 0.0658. The van der Waals surface area contributed by atoms with Crippen LogP contribution in [0.3, 0.4) is 0 Å². The number of urea groups is 1. The third kappa shape index (κ3) is 5.60. The highest BCUT2D eigenvalue weighted by Crippen LogP contribution is 2.14. The van der Waals surface area contributed by atoms with Crippen LogP contribution in [0.1, 0.15) is 37.7 Å². The summed E-state index contributed by atoms with van der Waals surface area (Å²) >= 11 is 0. The summed E-state index contributed by atoms with van der Waals surface area (Å²) in [5.74, 6) is 1.04. The average Bonchev–Trinajstić information content (AvgIpc) is 2.96. The predicted molar refractivity (Wildman–Crippen MR) is 98.2 cm³/mol. The number of hydrogen-bond donors (Lipinski definition) is 3. The molecule has 0 fully saturated rings. The molecule has 1 aromatic carbocycles. The van der Waals surface area contributed by atoms with Gasteiger partial charge >= 0.3 is 6.03 Å². The number of benzene rings is 1. The average molecular weight is 344 g/mol. The van der Waals surface area contributed by atoms with Crippen LogP contribution in [-0.2, 0) is 13.1 Å². The third-order valence-electron chi connectivity index (χ3n) is 4.57. The minimum atomic E-state index is -0.917. The fourth-order valence-electron chi connectivity index (χ4n) is 2.31. The van der Waals surface area contributed by atoms with Crippen LogP contribution in [0.25, 0.3) is 0 Å². The summed E-state index contributed by atoms with van der Waals surface area (Å²) in [4.78, 5) is 16.2. The molecule has 0 bridgehead atoms. The molecule has 0 aliphatic heterocycles. The van der Waals surface area contributed by atoms with Crippen molar-refractivity contribution in [2.24, 2.45) is 5.92 Å². The van der Waals surface area contributed by atoms with Crippen molar-refractivity contribution < 1.29 is 9.90 Å². The number of imidazole rings is 1. The molecule has 0 aliphatic rings. The lowest BCUT2D eigenvalue weighted by molar-refractivity contribution is 0.0166. The standard InChI is InChI=1S/C19H28N4O2/c1-14(2)19(4,25)13-22-18(24)21-11-16-6-5-7-17(10-16)12-23-9-8-20-15(23)3/h5-10,14,25H,11-13H2,1-4H3,(H2,21,22,24). The second-order valence-electron chi connectivity index (χ2n) is 6.97. The molecular formula is C19H28N4O2. The lowest BCUT2D eigenvalue weighted by atomic mass is 9.93. The Morgan fingerprint density at radius 3 is 2.68 bits per heavy atom. The van der Waals surface area contributed by atoms with Crippen molar-refractivity contribution in [1.29, 1.82) is 0 Å². The molecule has 6 heteroatoms. The molecule has 0 radical (unpaired) electrons. The van der Waals surface area contributed by atoms with Gasteiger partial charge < -0.3 is 20.3 Å². The number of nitrogens with one attached hydrogen (secondary N) is 2. The lowest BCUT2D eigenvalue weighted by Crippen LogP contribution is -2.47. The van der Waals surface area contributed by atoms with Gasteiger partial charge in [-0.15, -0.1) is 0 Å². The van der Waals surface area contributed by atoms with Gasteiger partial charge in [0.1, 0.15) is 5.82 Å². The molecule has 6 nitrogen and oxygen atoms in total. The maximum absolute atomic E-state index is 11.9. The first-order chi connectivity index (χ1) is 11.8. The molecule has 1 unspecified atom stereocenters. The largest absolute Gasteiger partial charge is 0.388 e. The monoisotopic (exact) mass is 344 g/mol. The van der Waals surface area contributed by atoms with Crippen LogP contribution in [0, 0.1) is 12.8 Å². The van der Waals surface area contributed by atoms with Crippen molar-refractivity contribution in [3.63, 3.8) is 0 Å². The first-order valence-electron chi connectivity index (χ1n) is 8.57. The van der Waals surface area contributed by atoms with Crippen molar-refractivity contribution in [1.82, 2.24) is 20.2 Å². The van der Waals surface area contributed by atoms with E-state index < -0.39 is 5.60 Å². The Balaban J connectivity index is 1.86. The number of carbonyl (C=O) groups is 1. The lowest BCUT2D eigenvalue weighted by Gasteiger charge is -2.27. The number of amides is 2. The highest BCUT2D eigenvalue weighted by atomic mass is 16.3. The van der Waals surface area contributed by atoms with Crippen molar-refractivity contribution >= 4 is 6.03 Å². The summed E-state index contributed by atoms with van der Waals surface area (Å²) in [5, 5.41) is 15.7. The molecule has 1 atom stereocenters. The second kappa shape index (κ2) is 8.16. The van der Waals surface area contributed by atoms with Crippen LogP contribution in [0.5, 0.6) is 0 Å². The fourth-order valence-corrected chi connectivity index (χ4v) is 2.31. The number of hydrogen-bond acceptors (Lipinski definition) is 3. The number of rotatable bonds is 7. The van der Waals surface area contributed by atoms with Gasteiger partial charge in [0.25, 0.3) is 0 Å². The van der Waals surface area contributed by atoms with Crippen LogP contribution in [0.2, 0.25) is 0 Å². The van der Waals surface area contributed by atoms with Gasteiger partial charge in [0, 0.05) is 32.0 Å². The normalized spacial score (nSPS) is 13.5. The Morgan fingerprint density at radius 2 is 2.04 bits per heavy atom. The van der Waals surface area contributed by atoms with E-state index in [1.54, 1.807) is 13.1 Å². The van der Waals surface area contributed by atoms with Crippen LogP contribution >= 0.6 is 0 Å². The van der Waals surface area contributed by atoms with Crippen LogP contribution in [0.15, 0.2) is 36.7 Å². The summed E-state index contributed by atoms with van der Waals surface area (Å²) in [6.07, 6.45) is 3.74. The van der Waals surface area contributed by atoms with E-state index in [4.69, 9.17) is 0 Å². The molecule has 2 amide bonds. The van der Waals surface area contributed by atoms with E-state index in [1.807, 2.05) is 39.1 Å². The molecule has 3 N–H and O–H groups in total. The topological polar surface area (TPSA) is 79.2 Å². The zero-order chi connectivity index (χ0) is 18.4. The Morgan fingerprint density at radius 1 is 1.32 bits per heavy atom. The molecule has 136 valence electrons. The van der Waals surface area contributed by atoms with Crippen LogP contribution in [0.4, 0.5) is 4.79 Å². The van der Waals surface area contributed by atoms with E-state index >= 15 is 0 Å². The maximum Gasteiger partial charge on any atom is 0.315 e. The summed E-state index contributed by atoms with van der Waals surface area (Å²) in [6, 6.07) is 7.82. The number of carbonyl (C=O) groups excluding carboxylic acids is 1. The zero-order valence-electron chi connectivity index (χ0n) is 15.4. The molecule has 0 saturated carbocycles. The van der Waals surface area contributed by atoms with Crippen LogP contribution < -0.4 is 10.6 Å². The van der Waals surface area contributed by atoms with E-state index in [9.17, 15) is 9.90 Å². The van der Waals surface area contributed by atoms with Gasteiger partial charge in [0.2, 0.25) is 0 Å². The second-order valence-corrected chi connectivity index (χ2v) is 6.97. The van der Waals surface area contributed by atoms with Gasteiger partial charge in [-0.3, -0.25) is 0 Å². The van der Waals surface area contributed by atoms with E-state index in [2.05, 4.69) is 32.3 Å². The molecule has 2 aromatic rings. The highest BCUT2D eigenvalue weighted by Gasteiger charge is 2.25. The quantitative estimate of drug-likeness (QED) is 0.722. The molecule has 1 aromatic heterocycles. The summed E-state index contributed by atoms with van der Waals surface area (Å²) < 4.78 is 2.08. The van der Waals surface area contributed by atoms with Gasteiger partial charge in [0.15, 0.2) is 0 Å². The fraction of sp³-hybridized carbons (Fsp3) is 0.474. The van der Waals surface area contributed by atoms with Crippen molar-refractivity contribution in [2.45, 2.75) is 46.4 Å². The van der Waals surface area contributed by atoms with E-state index in [1.165, 1.54) is 0 Å². The van der Waals surface area contributed by atoms with E-state index in [0.29, 0.717) is 6.54 Å². The molecule has 2 rings (SSSR count). The van der Waals surface area contributed by atoms with Crippen molar-refractivity contribution in [3.8, 4) is 0 Å². The van der Waals surface area contributed by atoms with Gasteiger partial charge in [-0.2, -0.15) is 0 Å². The maximum atomic E-state index is 11.9.